The Morgan fingerprint density at radius 1 is 1.22 bits per heavy atom. The van der Waals surface area contributed by atoms with Gasteiger partial charge >= 0.3 is 5.97 Å². The number of carbonyl (C=O) groups excluding carboxylic acids is 2. The molecule has 4 nitrogen and oxygen atoms in total. The molecule has 1 aliphatic carbocycles. The van der Waals surface area contributed by atoms with Crippen LogP contribution < -0.4 is 0 Å². The van der Waals surface area contributed by atoms with Gasteiger partial charge in [-0.1, -0.05) is 18.2 Å². The van der Waals surface area contributed by atoms with Gasteiger partial charge in [-0.15, -0.1) is 0 Å². The predicted octanol–water partition coefficient (Wildman–Crippen LogP) is 2.52. The second-order valence-electron chi connectivity index (χ2n) is 6.56. The van der Waals surface area contributed by atoms with Crippen molar-refractivity contribution < 1.29 is 14.3 Å². The number of fused-ring (bicyclic) bond motifs is 1. The normalized spacial score (nSPS) is 20.2. The first-order valence-electron chi connectivity index (χ1n) is 8.72. The van der Waals surface area contributed by atoms with Gasteiger partial charge in [0.25, 0.3) is 0 Å². The van der Waals surface area contributed by atoms with Crippen LogP contribution in [0.25, 0.3) is 0 Å². The zero-order chi connectivity index (χ0) is 16.2. The maximum Gasteiger partial charge on any atom is 0.310 e. The van der Waals surface area contributed by atoms with E-state index in [4.69, 9.17) is 4.74 Å². The molecular weight excluding hydrogens is 290 g/mol. The van der Waals surface area contributed by atoms with Gasteiger partial charge < -0.3 is 9.64 Å². The molecule has 0 aromatic heterocycles. The summed E-state index contributed by atoms with van der Waals surface area (Å²) in [7, 11) is 0. The number of hydrogen-bond acceptors (Lipinski definition) is 3. The highest BCUT2D eigenvalue weighted by Gasteiger charge is 2.29. The smallest absolute Gasteiger partial charge is 0.310 e. The van der Waals surface area contributed by atoms with E-state index in [1.165, 1.54) is 17.5 Å². The molecule has 1 aromatic carbocycles. The molecule has 0 bridgehead atoms. The molecule has 2 aliphatic rings. The van der Waals surface area contributed by atoms with Crippen molar-refractivity contribution >= 4 is 11.9 Å². The number of hydrogen-bond donors (Lipinski definition) is 0. The van der Waals surface area contributed by atoms with Gasteiger partial charge in [0.2, 0.25) is 5.91 Å². The van der Waals surface area contributed by atoms with Crippen LogP contribution in [0.1, 0.15) is 42.9 Å². The number of benzene rings is 1. The van der Waals surface area contributed by atoms with Crippen molar-refractivity contribution in [1.82, 2.24) is 4.90 Å². The molecule has 1 aliphatic heterocycles. The third-order valence-corrected chi connectivity index (χ3v) is 4.91. The van der Waals surface area contributed by atoms with Crippen LogP contribution in [0.15, 0.2) is 18.2 Å². The van der Waals surface area contributed by atoms with Crippen LogP contribution in [0.5, 0.6) is 0 Å². The van der Waals surface area contributed by atoms with E-state index in [9.17, 15) is 9.59 Å². The predicted molar refractivity (Wildman–Crippen MR) is 88.1 cm³/mol. The quantitative estimate of drug-likeness (QED) is 0.802. The van der Waals surface area contributed by atoms with E-state index < -0.39 is 0 Å². The minimum absolute atomic E-state index is 0.122. The summed E-state index contributed by atoms with van der Waals surface area (Å²) in [6.07, 6.45) is 5.65. The molecule has 0 radical (unpaired) electrons. The van der Waals surface area contributed by atoms with Crippen molar-refractivity contribution in [3.8, 4) is 0 Å². The highest BCUT2D eigenvalue weighted by Crippen LogP contribution is 2.24. The number of aryl methyl sites for hydroxylation is 2. The van der Waals surface area contributed by atoms with Crippen LogP contribution in [0.2, 0.25) is 0 Å². The van der Waals surface area contributed by atoms with Crippen molar-refractivity contribution in [3.63, 3.8) is 0 Å². The molecule has 0 N–H and O–H groups in total. The Kier molecular flexibility index (Phi) is 4.99. The molecule has 1 amide bonds. The van der Waals surface area contributed by atoms with Crippen LogP contribution in [-0.4, -0.2) is 36.5 Å². The van der Waals surface area contributed by atoms with E-state index in [2.05, 4.69) is 18.2 Å². The monoisotopic (exact) mass is 315 g/mol. The number of piperidine rings is 1. The first kappa shape index (κ1) is 16.0. The van der Waals surface area contributed by atoms with Gasteiger partial charge in [0.15, 0.2) is 0 Å². The third-order valence-electron chi connectivity index (χ3n) is 4.91. The molecular formula is C19H25NO3. The molecule has 1 aromatic rings. The van der Waals surface area contributed by atoms with Crippen LogP contribution >= 0.6 is 0 Å². The standard InChI is InChI=1S/C19H25NO3/c1-2-23-19(22)17-7-4-10-20(13-17)18(21)12-14-8-9-15-5-3-6-16(15)11-14/h8-9,11,17H,2-7,10,12-13H2,1H3. The number of rotatable bonds is 4. The van der Waals surface area contributed by atoms with E-state index in [1.807, 2.05) is 11.8 Å². The van der Waals surface area contributed by atoms with Crippen molar-refractivity contribution in [1.29, 1.82) is 0 Å². The minimum atomic E-state index is -0.164. The summed E-state index contributed by atoms with van der Waals surface area (Å²) in [5, 5.41) is 0. The molecule has 1 unspecified atom stereocenters. The highest BCUT2D eigenvalue weighted by atomic mass is 16.5. The highest BCUT2D eigenvalue weighted by molar-refractivity contribution is 5.80. The average Bonchev–Trinajstić information content (AvgIpc) is 3.03. The van der Waals surface area contributed by atoms with Crippen LogP contribution in [0, 0.1) is 5.92 Å². The van der Waals surface area contributed by atoms with Crippen LogP contribution in [0.3, 0.4) is 0 Å². The van der Waals surface area contributed by atoms with Crippen molar-refractivity contribution in [2.24, 2.45) is 5.92 Å². The largest absolute Gasteiger partial charge is 0.466 e. The number of esters is 1. The molecule has 0 saturated carbocycles. The summed E-state index contributed by atoms with van der Waals surface area (Å²) in [6, 6.07) is 6.43. The molecule has 1 heterocycles. The van der Waals surface area contributed by atoms with Crippen LogP contribution in [-0.2, 0) is 33.6 Å². The number of ether oxygens (including phenoxy) is 1. The second-order valence-corrected chi connectivity index (χ2v) is 6.56. The lowest BCUT2D eigenvalue weighted by Crippen LogP contribution is -2.43. The minimum Gasteiger partial charge on any atom is -0.466 e. The van der Waals surface area contributed by atoms with E-state index in [1.54, 1.807) is 0 Å². The van der Waals surface area contributed by atoms with Gasteiger partial charge in [0.1, 0.15) is 0 Å². The Morgan fingerprint density at radius 3 is 2.87 bits per heavy atom. The first-order valence-corrected chi connectivity index (χ1v) is 8.72. The van der Waals surface area contributed by atoms with Gasteiger partial charge in [0.05, 0.1) is 18.9 Å². The summed E-state index contributed by atoms with van der Waals surface area (Å²) in [5.74, 6) is -0.202. The van der Waals surface area contributed by atoms with E-state index in [0.717, 1.165) is 37.8 Å². The Bertz CT molecular complexity index is 596. The van der Waals surface area contributed by atoms with Gasteiger partial charge in [-0.05, 0) is 55.7 Å². The van der Waals surface area contributed by atoms with E-state index in [-0.39, 0.29) is 17.8 Å². The molecule has 124 valence electrons. The SMILES string of the molecule is CCOC(=O)C1CCCN(C(=O)Cc2ccc3c(c2)CCC3)C1. The molecule has 23 heavy (non-hydrogen) atoms. The van der Waals surface area contributed by atoms with Gasteiger partial charge in [-0.25, -0.2) is 0 Å². The lowest BCUT2D eigenvalue weighted by Gasteiger charge is -2.31. The molecule has 1 fully saturated rings. The zero-order valence-electron chi connectivity index (χ0n) is 13.8. The number of likely N-dealkylation sites (tertiary alicyclic amines) is 1. The molecule has 4 heteroatoms. The molecule has 1 saturated heterocycles. The fourth-order valence-corrected chi connectivity index (χ4v) is 3.68. The lowest BCUT2D eigenvalue weighted by molar-refractivity contribution is -0.151. The Morgan fingerprint density at radius 2 is 2.04 bits per heavy atom. The fraction of sp³-hybridized carbons (Fsp3) is 0.579. The molecule has 1 atom stereocenters. The van der Waals surface area contributed by atoms with Crippen molar-refractivity contribution in [3.05, 3.63) is 34.9 Å². The average molecular weight is 315 g/mol. The summed E-state index contributed by atoms with van der Waals surface area (Å²) in [4.78, 5) is 26.3. The topological polar surface area (TPSA) is 46.6 Å². The first-order chi connectivity index (χ1) is 11.2. The summed E-state index contributed by atoms with van der Waals surface area (Å²) in [5.41, 5.74) is 3.92. The number of amides is 1. The second kappa shape index (κ2) is 7.16. The summed E-state index contributed by atoms with van der Waals surface area (Å²) >= 11 is 0. The Balaban J connectivity index is 1.60. The maximum atomic E-state index is 12.6. The van der Waals surface area contributed by atoms with E-state index in [0.29, 0.717) is 19.6 Å². The van der Waals surface area contributed by atoms with Gasteiger partial charge in [0, 0.05) is 13.1 Å². The number of nitrogens with zero attached hydrogens (tertiary/aromatic N) is 1. The third kappa shape index (κ3) is 3.74. The Hall–Kier alpha value is -1.84. The molecule has 0 spiro atoms. The fourth-order valence-electron chi connectivity index (χ4n) is 3.68. The zero-order valence-corrected chi connectivity index (χ0v) is 13.8. The van der Waals surface area contributed by atoms with Crippen molar-refractivity contribution in [2.75, 3.05) is 19.7 Å². The van der Waals surface area contributed by atoms with Crippen LogP contribution in [0.4, 0.5) is 0 Å². The van der Waals surface area contributed by atoms with Gasteiger partial charge in [-0.3, -0.25) is 9.59 Å². The summed E-state index contributed by atoms with van der Waals surface area (Å²) in [6.45, 7) is 3.47. The Labute approximate surface area is 137 Å². The maximum absolute atomic E-state index is 12.6. The number of carbonyl (C=O) groups is 2. The van der Waals surface area contributed by atoms with E-state index >= 15 is 0 Å². The molecule has 3 rings (SSSR count). The van der Waals surface area contributed by atoms with Gasteiger partial charge in [-0.2, -0.15) is 0 Å². The van der Waals surface area contributed by atoms with Crippen molar-refractivity contribution in [2.45, 2.75) is 45.4 Å². The summed E-state index contributed by atoms with van der Waals surface area (Å²) < 4.78 is 5.10. The lowest BCUT2D eigenvalue weighted by atomic mass is 9.97.